The lowest BCUT2D eigenvalue weighted by molar-refractivity contribution is -0.145. The molecule has 0 radical (unpaired) electrons. The average Bonchev–Trinajstić information content (AvgIpc) is 2.47. The van der Waals surface area contributed by atoms with Crippen LogP contribution in [0.2, 0.25) is 0 Å². The summed E-state index contributed by atoms with van der Waals surface area (Å²) in [7, 11) is -2.73. The van der Waals surface area contributed by atoms with Crippen LogP contribution in [0.1, 0.15) is 13.3 Å². The second-order valence-electron chi connectivity index (χ2n) is 4.79. The van der Waals surface area contributed by atoms with Crippen LogP contribution in [0.15, 0.2) is 29.4 Å². The summed E-state index contributed by atoms with van der Waals surface area (Å²) in [6.45, 7) is 0.558. The fraction of sp³-hybridized carbons (Fsp3) is 0.538. The summed E-state index contributed by atoms with van der Waals surface area (Å²) in [6, 6.07) is 2.76. The van der Waals surface area contributed by atoms with E-state index in [0.717, 1.165) is 15.4 Å². The molecule has 0 aliphatic heterocycles. The minimum Gasteiger partial charge on any atom is -0.341 e. The van der Waals surface area contributed by atoms with Gasteiger partial charge >= 0.3 is 6.18 Å². The van der Waals surface area contributed by atoms with Crippen LogP contribution in [0, 0.1) is 0 Å². The molecule has 0 spiro atoms. The predicted octanol–water partition coefficient (Wildman–Crippen LogP) is 1.50. The summed E-state index contributed by atoms with van der Waals surface area (Å²) in [5.41, 5.74) is 0. The van der Waals surface area contributed by atoms with E-state index in [4.69, 9.17) is 0 Å². The Morgan fingerprint density at radius 3 is 2.48 bits per heavy atom. The zero-order chi connectivity index (χ0) is 17.7. The van der Waals surface area contributed by atoms with Gasteiger partial charge in [0.1, 0.15) is 4.90 Å². The number of carbonyl (C=O) groups is 1. The standard InChI is InChI=1S/C13H18F3N3O3S/c1-3-19(8-6-13(14,15)16)12(20)10-18(2)23(21,22)11-5-4-7-17-9-11/h4-5,7,9H,3,6,8,10H2,1-2H3. The van der Waals surface area contributed by atoms with Gasteiger partial charge in [0.25, 0.3) is 0 Å². The van der Waals surface area contributed by atoms with Crippen molar-refractivity contribution in [1.82, 2.24) is 14.2 Å². The van der Waals surface area contributed by atoms with Crippen molar-refractivity contribution in [3.63, 3.8) is 0 Å². The van der Waals surface area contributed by atoms with Crippen LogP contribution in [-0.2, 0) is 14.8 Å². The molecule has 1 aromatic rings. The molecular weight excluding hydrogens is 335 g/mol. The topological polar surface area (TPSA) is 70.6 Å². The van der Waals surface area contributed by atoms with Crippen LogP contribution in [0.5, 0.6) is 0 Å². The first-order valence-electron chi connectivity index (χ1n) is 6.79. The third-order valence-electron chi connectivity index (χ3n) is 3.10. The molecule has 0 N–H and O–H groups in total. The second kappa shape index (κ2) is 7.73. The number of pyridine rings is 1. The highest BCUT2D eigenvalue weighted by molar-refractivity contribution is 7.89. The molecule has 0 aromatic carbocycles. The quantitative estimate of drug-likeness (QED) is 0.745. The second-order valence-corrected chi connectivity index (χ2v) is 6.83. The van der Waals surface area contributed by atoms with Gasteiger partial charge in [-0.2, -0.15) is 17.5 Å². The smallest absolute Gasteiger partial charge is 0.341 e. The van der Waals surface area contributed by atoms with E-state index in [9.17, 15) is 26.4 Å². The maximum atomic E-state index is 12.2. The molecule has 6 nitrogen and oxygen atoms in total. The number of halogens is 3. The van der Waals surface area contributed by atoms with Crippen LogP contribution in [0.25, 0.3) is 0 Å². The number of carbonyl (C=O) groups excluding carboxylic acids is 1. The summed E-state index contributed by atoms with van der Waals surface area (Å²) < 4.78 is 62.0. The molecule has 1 rings (SSSR count). The van der Waals surface area contributed by atoms with E-state index >= 15 is 0 Å². The van der Waals surface area contributed by atoms with Gasteiger partial charge in [0.2, 0.25) is 15.9 Å². The fourth-order valence-electron chi connectivity index (χ4n) is 1.78. The van der Waals surface area contributed by atoms with Gasteiger partial charge in [-0.25, -0.2) is 8.42 Å². The summed E-state index contributed by atoms with van der Waals surface area (Å²) in [5, 5.41) is 0. The van der Waals surface area contributed by atoms with Gasteiger partial charge in [0, 0.05) is 32.5 Å². The van der Waals surface area contributed by atoms with Crippen molar-refractivity contribution in [3.05, 3.63) is 24.5 Å². The molecule has 10 heteroatoms. The number of aromatic nitrogens is 1. The lowest BCUT2D eigenvalue weighted by Crippen LogP contribution is -2.42. The number of rotatable bonds is 7. The average molecular weight is 353 g/mol. The van der Waals surface area contributed by atoms with Gasteiger partial charge in [-0.05, 0) is 19.1 Å². The van der Waals surface area contributed by atoms with E-state index in [1.54, 1.807) is 0 Å². The molecule has 0 fully saturated rings. The zero-order valence-electron chi connectivity index (χ0n) is 12.7. The van der Waals surface area contributed by atoms with Gasteiger partial charge in [-0.3, -0.25) is 9.78 Å². The molecule has 23 heavy (non-hydrogen) atoms. The van der Waals surface area contributed by atoms with Crippen LogP contribution in [-0.4, -0.2) is 61.4 Å². The van der Waals surface area contributed by atoms with E-state index in [1.165, 1.54) is 32.3 Å². The Morgan fingerprint density at radius 2 is 2.00 bits per heavy atom. The predicted molar refractivity (Wildman–Crippen MR) is 77.0 cm³/mol. The van der Waals surface area contributed by atoms with Gasteiger partial charge in [-0.1, -0.05) is 0 Å². The van der Waals surface area contributed by atoms with Gasteiger partial charge in [-0.15, -0.1) is 0 Å². The number of likely N-dealkylation sites (N-methyl/N-ethyl adjacent to an activating group) is 2. The van der Waals surface area contributed by atoms with Crippen molar-refractivity contribution in [3.8, 4) is 0 Å². The van der Waals surface area contributed by atoms with Crippen molar-refractivity contribution in [2.75, 3.05) is 26.7 Å². The Morgan fingerprint density at radius 1 is 1.35 bits per heavy atom. The number of hydrogen-bond donors (Lipinski definition) is 0. The van der Waals surface area contributed by atoms with Crippen molar-refractivity contribution in [2.24, 2.45) is 0 Å². The minimum atomic E-state index is -4.37. The molecule has 130 valence electrons. The van der Waals surface area contributed by atoms with E-state index in [1.807, 2.05) is 0 Å². The van der Waals surface area contributed by atoms with E-state index in [0.29, 0.717) is 0 Å². The van der Waals surface area contributed by atoms with Crippen molar-refractivity contribution >= 4 is 15.9 Å². The van der Waals surface area contributed by atoms with Crippen LogP contribution in [0.4, 0.5) is 13.2 Å². The summed E-state index contributed by atoms with van der Waals surface area (Å²) >= 11 is 0. The fourth-order valence-corrected chi connectivity index (χ4v) is 2.86. The maximum Gasteiger partial charge on any atom is 0.390 e. The monoisotopic (exact) mass is 353 g/mol. The van der Waals surface area contributed by atoms with E-state index in [-0.39, 0.29) is 11.4 Å². The molecule has 0 bridgehead atoms. The molecule has 0 atom stereocenters. The van der Waals surface area contributed by atoms with Crippen molar-refractivity contribution < 1.29 is 26.4 Å². The molecule has 0 saturated heterocycles. The van der Waals surface area contributed by atoms with E-state index in [2.05, 4.69) is 4.98 Å². The largest absolute Gasteiger partial charge is 0.390 e. The number of sulfonamides is 1. The molecule has 0 aliphatic rings. The van der Waals surface area contributed by atoms with Gasteiger partial charge < -0.3 is 4.90 Å². The Kier molecular flexibility index (Phi) is 6.51. The summed E-state index contributed by atoms with van der Waals surface area (Å²) in [5.74, 6) is -0.688. The summed E-state index contributed by atoms with van der Waals surface area (Å²) in [4.78, 5) is 16.6. The molecule has 1 heterocycles. The van der Waals surface area contributed by atoms with Crippen molar-refractivity contribution in [2.45, 2.75) is 24.4 Å². The Bertz CT molecular complexity index is 620. The number of alkyl halides is 3. The molecule has 1 amide bonds. The van der Waals surface area contributed by atoms with Gasteiger partial charge in [0.05, 0.1) is 13.0 Å². The molecule has 1 aromatic heterocycles. The minimum absolute atomic E-state index is 0.0652. The zero-order valence-corrected chi connectivity index (χ0v) is 13.6. The normalized spacial score (nSPS) is 12.4. The van der Waals surface area contributed by atoms with Gasteiger partial charge in [0.15, 0.2) is 0 Å². The van der Waals surface area contributed by atoms with Crippen LogP contribution in [0.3, 0.4) is 0 Å². The first kappa shape index (κ1) is 19.4. The Labute approximate surface area is 133 Å². The molecule has 0 aliphatic carbocycles. The summed E-state index contributed by atoms with van der Waals surface area (Å²) in [6.07, 6.45) is -2.97. The first-order valence-corrected chi connectivity index (χ1v) is 8.23. The van der Waals surface area contributed by atoms with Crippen molar-refractivity contribution in [1.29, 1.82) is 0 Å². The lowest BCUT2D eigenvalue weighted by atomic mass is 10.3. The molecule has 0 saturated carbocycles. The molecule has 0 unspecified atom stereocenters. The van der Waals surface area contributed by atoms with Crippen LogP contribution >= 0.6 is 0 Å². The first-order chi connectivity index (χ1) is 10.6. The lowest BCUT2D eigenvalue weighted by Gasteiger charge is -2.24. The highest BCUT2D eigenvalue weighted by Gasteiger charge is 2.30. The molecular formula is C13H18F3N3O3S. The third-order valence-corrected chi connectivity index (χ3v) is 4.89. The highest BCUT2D eigenvalue weighted by Crippen LogP contribution is 2.20. The number of amides is 1. The number of nitrogens with zero attached hydrogens (tertiary/aromatic N) is 3. The van der Waals surface area contributed by atoms with Crippen LogP contribution < -0.4 is 0 Å². The maximum absolute atomic E-state index is 12.2. The Hall–Kier alpha value is -1.68. The van der Waals surface area contributed by atoms with E-state index < -0.39 is 41.6 Å². The number of hydrogen-bond acceptors (Lipinski definition) is 4. The SMILES string of the molecule is CCN(CCC(F)(F)F)C(=O)CN(C)S(=O)(=O)c1cccnc1. The Balaban J connectivity index is 2.75. The highest BCUT2D eigenvalue weighted by atomic mass is 32.2. The third kappa shape index (κ3) is 5.79.